The Kier molecular flexibility index (Phi) is 7.18. The van der Waals surface area contributed by atoms with E-state index in [4.69, 9.17) is 10.5 Å². The minimum atomic E-state index is -3.84. The van der Waals surface area contributed by atoms with Crippen molar-refractivity contribution in [3.05, 3.63) is 24.3 Å². The van der Waals surface area contributed by atoms with Gasteiger partial charge in [0.2, 0.25) is 21.8 Å². The predicted octanol–water partition coefficient (Wildman–Crippen LogP) is -0.0103. The van der Waals surface area contributed by atoms with Crippen LogP contribution in [0, 0.1) is 5.92 Å². The van der Waals surface area contributed by atoms with Crippen molar-refractivity contribution in [1.29, 1.82) is 0 Å². The molecule has 0 bridgehead atoms. The van der Waals surface area contributed by atoms with Crippen molar-refractivity contribution in [3.8, 4) is 5.75 Å². The summed E-state index contributed by atoms with van der Waals surface area (Å²) < 4.78 is 31.4. The Bertz CT molecular complexity index is 671. The largest absolute Gasteiger partial charge is 0.497 e. The van der Waals surface area contributed by atoms with Crippen molar-refractivity contribution in [2.45, 2.75) is 31.2 Å². The van der Waals surface area contributed by atoms with Crippen LogP contribution in [-0.4, -0.2) is 39.9 Å². The molecule has 0 fully saturated rings. The van der Waals surface area contributed by atoms with E-state index in [2.05, 4.69) is 10.0 Å². The van der Waals surface area contributed by atoms with Gasteiger partial charge in [0.1, 0.15) is 11.8 Å². The number of ether oxygens (including phenoxy) is 1. The van der Waals surface area contributed by atoms with Crippen molar-refractivity contribution >= 4 is 21.8 Å². The number of benzene rings is 1. The van der Waals surface area contributed by atoms with Crippen molar-refractivity contribution in [1.82, 2.24) is 10.0 Å². The number of carbonyl (C=O) groups is 2. The number of rotatable bonds is 9. The summed E-state index contributed by atoms with van der Waals surface area (Å²) in [6.07, 6.45) is 0.381. The third-order valence-corrected chi connectivity index (χ3v) is 4.60. The Morgan fingerprint density at radius 3 is 2.25 bits per heavy atom. The topological polar surface area (TPSA) is 128 Å². The van der Waals surface area contributed by atoms with Crippen LogP contribution in [-0.2, 0) is 19.6 Å². The van der Waals surface area contributed by atoms with Gasteiger partial charge in [-0.3, -0.25) is 9.59 Å². The van der Waals surface area contributed by atoms with Crippen molar-refractivity contribution in [2.24, 2.45) is 11.7 Å². The lowest BCUT2D eigenvalue weighted by molar-refractivity contribution is -0.127. The normalized spacial score (nSPS) is 12.7. The number of methoxy groups -OCH3 is 1. The van der Waals surface area contributed by atoms with Crippen LogP contribution in [0.2, 0.25) is 0 Å². The fraction of sp³-hybridized carbons (Fsp3) is 0.467. The molecule has 0 spiro atoms. The molecule has 0 heterocycles. The summed E-state index contributed by atoms with van der Waals surface area (Å²) in [6, 6.07) is 4.90. The van der Waals surface area contributed by atoms with Gasteiger partial charge in [-0.05, 0) is 36.6 Å². The summed E-state index contributed by atoms with van der Waals surface area (Å²) in [6.45, 7) is 3.28. The Hall–Kier alpha value is -2.13. The van der Waals surface area contributed by atoms with Gasteiger partial charge in [0.15, 0.2) is 0 Å². The summed E-state index contributed by atoms with van der Waals surface area (Å²) in [4.78, 5) is 23.2. The molecule has 2 amide bonds. The molecular formula is C15H23N3O5S. The van der Waals surface area contributed by atoms with Gasteiger partial charge in [-0.25, -0.2) is 13.1 Å². The minimum Gasteiger partial charge on any atom is -0.497 e. The molecule has 134 valence electrons. The number of sulfonamides is 1. The van der Waals surface area contributed by atoms with E-state index < -0.39 is 34.4 Å². The summed E-state index contributed by atoms with van der Waals surface area (Å²) in [5.74, 6) is -0.616. The second-order valence-corrected chi connectivity index (χ2v) is 7.42. The van der Waals surface area contributed by atoms with Crippen molar-refractivity contribution in [3.63, 3.8) is 0 Å². The van der Waals surface area contributed by atoms with Gasteiger partial charge < -0.3 is 15.8 Å². The molecule has 9 heteroatoms. The van der Waals surface area contributed by atoms with E-state index in [1.807, 2.05) is 13.8 Å². The van der Waals surface area contributed by atoms with E-state index in [0.29, 0.717) is 12.2 Å². The lowest BCUT2D eigenvalue weighted by Gasteiger charge is -2.17. The zero-order valence-corrected chi connectivity index (χ0v) is 14.7. The summed E-state index contributed by atoms with van der Waals surface area (Å²) in [5, 5.41) is 2.43. The average Bonchev–Trinajstić information content (AvgIpc) is 2.52. The molecule has 1 atom stereocenters. The minimum absolute atomic E-state index is 0.00438. The lowest BCUT2D eigenvalue weighted by Crippen LogP contribution is -2.48. The third kappa shape index (κ3) is 6.17. The number of hydrogen-bond donors (Lipinski definition) is 3. The van der Waals surface area contributed by atoms with E-state index in [-0.39, 0.29) is 10.8 Å². The second-order valence-electron chi connectivity index (χ2n) is 5.65. The van der Waals surface area contributed by atoms with E-state index in [0.717, 1.165) is 0 Å². The predicted molar refractivity (Wildman–Crippen MR) is 88.8 cm³/mol. The third-order valence-electron chi connectivity index (χ3n) is 3.18. The van der Waals surface area contributed by atoms with Gasteiger partial charge in [0.25, 0.3) is 0 Å². The highest BCUT2D eigenvalue weighted by molar-refractivity contribution is 7.89. The molecule has 1 aromatic carbocycles. The first-order valence-electron chi connectivity index (χ1n) is 7.38. The van der Waals surface area contributed by atoms with Crippen LogP contribution in [0.3, 0.4) is 0 Å². The zero-order chi connectivity index (χ0) is 18.3. The molecule has 0 saturated carbocycles. The van der Waals surface area contributed by atoms with Crippen LogP contribution in [0.5, 0.6) is 5.75 Å². The molecule has 1 rings (SSSR count). The van der Waals surface area contributed by atoms with Gasteiger partial charge in [0, 0.05) is 0 Å². The molecule has 0 aromatic heterocycles. The number of nitrogens with two attached hydrogens (primary N) is 1. The molecule has 0 saturated heterocycles. The Labute approximate surface area is 141 Å². The van der Waals surface area contributed by atoms with Crippen LogP contribution in [0.4, 0.5) is 0 Å². The maximum atomic E-state index is 12.1. The summed E-state index contributed by atoms with van der Waals surface area (Å²) in [5.41, 5.74) is 5.23. The maximum absolute atomic E-state index is 12.1. The maximum Gasteiger partial charge on any atom is 0.241 e. The summed E-state index contributed by atoms with van der Waals surface area (Å²) >= 11 is 0. The fourth-order valence-corrected chi connectivity index (χ4v) is 2.94. The molecule has 24 heavy (non-hydrogen) atoms. The first-order chi connectivity index (χ1) is 11.2. The highest BCUT2D eigenvalue weighted by atomic mass is 32.2. The van der Waals surface area contributed by atoms with E-state index in [1.54, 1.807) is 0 Å². The quantitative estimate of drug-likeness (QED) is 0.573. The van der Waals surface area contributed by atoms with Gasteiger partial charge >= 0.3 is 0 Å². The molecule has 0 aliphatic heterocycles. The van der Waals surface area contributed by atoms with Gasteiger partial charge in [0.05, 0.1) is 18.6 Å². The lowest BCUT2D eigenvalue weighted by atomic mass is 10.0. The summed E-state index contributed by atoms with van der Waals surface area (Å²) in [7, 11) is -2.37. The number of hydrogen-bond acceptors (Lipinski definition) is 5. The molecule has 4 N–H and O–H groups in total. The van der Waals surface area contributed by atoms with E-state index in [1.165, 1.54) is 31.4 Å². The fourth-order valence-electron chi connectivity index (χ4n) is 1.96. The monoisotopic (exact) mass is 357 g/mol. The number of amides is 2. The Morgan fingerprint density at radius 1 is 1.21 bits per heavy atom. The van der Waals surface area contributed by atoms with E-state index in [9.17, 15) is 18.0 Å². The van der Waals surface area contributed by atoms with Crippen molar-refractivity contribution < 1.29 is 22.7 Å². The van der Waals surface area contributed by atoms with Crippen LogP contribution in [0.1, 0.15) is 20.3 Å². The molecule has 1 aromatic rings. The van der Waals surface area contributed by atoms with E-state index >= 15 is 0 Å². The van der Waals surface area contributed by atoms with Crippen LogP contribution < -0.4 is 20.5 Å². The Balaban J connectivity index is 2.65. The van der Waals surface area contributed by atoms with Gasteiger partial charge in [-0.15, -0.1) is 0 Å². The highest BCUT2D eigenvalue weighted by Gasteiger charge is 2.21. The Morgan fingerprint density at radius 2 is 1.79 bits per heavy atom. The van der Waals surface area contributed by atoms with Crippen molar-refractivity contribution in [2.75, 3.05) is 13.7 Å². The first-order valence-corrected chi connectivity index (χ1v) is 8.86. The molecule has 0 aliphatic carbocycles. The smallest absolute Gasteiger partial charge is 0.241 e. The van der Waals surface area contributed by atoms with Gasteiger partial charge in [-0.1, -0.05) is 13.8 Å². The van der Waals surface area contributed by atoms with Crippen LogP contribution in [0.15, 0.2) is 29.2 Å². The molecule has 8 nitrogen and oxygen atoms in total. The van der Waals surface area contributed by atoms with Gasteiger partial charge in [-0.2, -0.15) is 0 Å². The van der Waals surface area contributed by atoms with Crippen LogP contribution in [0.25, 0.3) is 0 Å². The van der Waals surface area contributed by atoms with Crippen LogP contribution >= 0.6 is 0 Å². The molecule has 1 unspecified atom stereocenters. The number of nitrogens with one attached hydrogen (secondary N) is 2. The second kappa shape index (κ2) is 8.65. The highest BCUT2D eigenvalue weighted by Crippen LogP contribution is 2.15. The first kappa shape index (κ1) is 19.9. The zero-order valence-electron chi connectivity index (χ0n) is 13.9. The SMILES string of the molecule is COc1ccc(S(=O)(=O)NCC(=O)NC(CC(C)C)C(N)=O)cc1. The molecule has 0 aliphatic rings. The average molecular weight is 357 g/mol. The molecule has 0 radical (unpaired) electrons. The number of carbonyl (C=O) groups excluding carboxylic acids is 2. The standard InChI is InChI=1S/C15H23N3O5S/c1-10(2)8-13(15(16)20)18-14(19)9-17-24(21,22)12-6-4-11(23-3)5-7-12/h4-7,10,13,17H,8-9H2,1-3H3,(H2,16,20)(H,18,19). The number of primary amides is 1. The molecular weight excluding hydrogens is 334 g/mol.